The molecule has 2 aliphatic heterocycles. The molecule has 0 saturated carbocycles. The third-order valence-electron chi connectivity index (χ3n) is 6.63. The number of thioether (sulfide) groups is 1. The van der Waals surface area contributed by atoms with E-state index in [9.17, 15) is 14.4 Å². The molecule has 0 unspecified atom stereocenters. The van der Waals surface area contributed by atoms with Crippen molar-refractivity contribution in [2.24, 2.45) is 0 Å². The van der Waals surface area contributed by atoms with Gasteiger partial charge in [-0.05, 0) is 36.7 Å². The maximum atomic E-state index is 13.5. The Morgan fingerprint density at radius 1 is 1.00 bits per heavy atom. The standard InChI is InChI=1S/C27H30Cl4N4O4S/c28-18-5-6-19(21(30)13-18)27-35(16-24(37)32-7-2-8-34-9-11-39-12-10-34)26(38)22(40-27)14-23(36)33-15-17-3-1-4-20(29)25(17)31/h1,3-6,13,22,27H,2,7-12,14-16H2,(H,32,37)(H,33,36)/t22-,27-/m1/s1. The Labute approximate surface area is 258 Å². The lowest BCUT2D eigenvalue weighted by atomic mass is 10.1. The first-order chi connectivity index (χ1) is 19.2. The molecular weight excluding hydrogens is 618 g/mol. The molecule has 2 saturated heterocycles. The molecule has 13 heteroatoms. The number of nitrogens with one attached hydrogen (secondary N) is 2. The number of benzene rings is 2. The predicted octanol–water partition coefficient (Wildman–Crippen LogP) is 4.79. The van der Waals surface area contributed by atoms with E-state index in [-0.39, 0.29) is 37.2 Å². The van der Waals surface area contributed by atoms with Crippen molar-refractivity contribution in [2.75, 3.05) is 45.9 Å². The molecule has 2 aliphatic rings. The van der Waals surface area contributed by atoms with E-state index in [2.05, 4.69) is 15.5 Å². The molecule has 2 heterocycles. The number of nitrogens with zero attached hydrogens (tertiary/aromatic N) is 2. The van der Waals surface area contributed by atoms with Crippen molar-refractivity contribution >= 4 is 75.9 Å². The first-order valence-electron chi connectivity index (χ1n) is 12.9. The molecule has 2 N–H and O–H groups in total. The lowest BCUT2D eigenvalue weighted by Crippen LogP contribution is -2.42. The first-order valence-corrected chi connectivity index (χ1v) is 15.4. The van der Waals surface area contributed by atoms with E-state index in [1.54, 1.807) is 36.4 Å². The minimum atomic E-state index is -0.694. The van der Waals surface area contributed by atoms with E-state index in [0.717, 1.165) is 39.3 Å². The van der Waals surface area contributed by atoms with Crippen molar-refractivity contribution in [3.8, 4) is 0 Å². The van der Waals surface area contributed by atoms with Crippen molar-refractivity contribution in [1.29, 1.82) is 0 Å². The summed E-state index contributed by atoms with van der Waals surface area (Å²) in [6, 6.07) is 10.2. The van der Waals surface area contributed by atoms with Gasteiger partial charge in [-0.25, -0.2) is 0 Å². The summed E-state index contributed by atoms with van der Waals surface area (Å²) in [7, 11) is 0. The molecule has 0 aromatic heterocycles. The van der Waals surface area contributed by atoms with Gasteiger partial charge in [-0.3, -0.25) is 19.3 Å². The molecule has 0 radical (unpaired) electrons. The van der Waals surface area contributed by atoms with E-state index < -0.39 is 10.6 Å². The quantitative estimate of drug-likeness (QED) is 0.341. The summed E-state index contributed by atoms with van der Waals surface area (Å²) >= 11 is 26.1. The lowest BCUT2D eigenvalue weighted by Gasteiger charge is -2.26. The molecule has 0 bridgehead atoms. The topological polar surface area (TPSA) is 91.0 Å². The van der Waals surface area contributed by atoms with Crippen LogP contribution in [0.5, 0.6) is 0 Å². The number of carbonyl (C=O) groups excluding carboxylic acids is 3. The van der Waals surface area contributed by atoms with E-state index in [1.165, 1.54) is 16.7 Å². The highest BCUT2D eigenvalue weighted by atomic mass is 35.5. The molecule has 2 aromatic rings. The maximum absolute atomic E-state index is 13.5. The molecule has 2 aromatic carbocycles. The number of amides is 3. The summed E-state index contributed by atoms with van der Waals surface area (Å²) < 4.78 is 5.36. The highest BCUT2D eigenvalue weighted by molar-refractivity contribution is 8.01. The van der Waals surface area contributed by atoms with Crippen molar-refractivity contribution < 1.29 is 19.1 Å². The van der Waals surface area contributed by atoms with Gasteiger partial charge in [0.15, 0.2) is 0 Å². The Balaban J connectivity index is 1.37. The van der Waals surface area contributed by atoms with Crippen LogP contribution in [-0.2, 0) is 25.7 Å². The summed E-state index contributed by atoms with van der Waals surface area (Å²) in [4.78, 5) is 42.9. The number of halogens is 4. The van der Waals surface area contributed by atoms with Crippen LogP contribution in [0.4, 0.5) is 0 Å². The molecule has 2 fully saturated rings. The maximum Gasteiger partial charge on any atom is 0.239 e. The van der Waals surface area contributed by atoms with Crippen molar-refractivity contribution in [2.45, 2.75) is 30.0 Å². The number of ether oxygens (including phenoxy) is 1. The fraction of sp³-hybridized carbons (Fsp3) is 0.444. The number of carbonyl (C=O) groups is 3. The second kappa shape index (κ2) is 15.0. The Kier molecular flexibility index (Phi) is 11.7. The van der Waals surface area contributed by atoms with Gasteiger partial charge in [-0.15, -0.1) is 11.8 Å². The van der Waals surface area contributed by atoms with Crippen LogP contribution in [0, 0.1) is 0 Å². The summed E-state index contributed by atoms with van der Waals surface area (Å²) in [5, 5.41) is 6.09. The van der Waals surface area contributed by atoms with Gasteiger partial charge in [-0.1, -0.05) is 64.6 Å². The smallest absolute Gasteiger partial charge is 0.239 e. The highest BCUT2D eigenvalue weighted by Crippen LogP contribution is 2.46. The summed E-state index contributed by atoms with van der Waals surface area (Å²) in [5.41, 5.74) is 1.32. The Morgan fingerprint density at radius 3 is 2.52 bits per heavy atom. The third kappa shape index (κ3) is 8.41. The summed E-state index contributed by atoms with van der Waals surface area (Å²) in [6.07, 6.45) is 0.724. The van der Waals surface area contributed by atoms with Crippen LogP contribution in [0.3, 0.4) is 0 Å². The fourth-order valence-corrected chi connectivity index (χ4v) is 6.96. The number of hydrogen-bond acceptors (Lipinski definition) is 6. The molecule has 40 heavy (non-hydrogen) atoms. The van der Waals surface area contributed by atoms with Gasteiger partial charge in [0, 0.05) is 48.2 Å². The van der Waals surface area contributed by atoms with Crippen molar-refractivity contribution in [3.05, 3.63) is 67.6 Å². The van der Waals surface area contributed by atoms with Crippen molar-refractivity contribution in [3.63, 3.8) is 0 Å². The van der Waals surface area contributed by atoms with Crippen LogP contribution in [0.1, 0.15) is 29.3 Å². The normalized spacial score (nSPS) is 19.6. The van der Waals surface area contributed by atoms with Gasteiger partial charge < -0.3 is 20.3 Å². The van der Waals surface area contributed by atoms with Crippen LogP contribution < -0.4 is 10.6 Å². The molecule has 4 rings (SSSR count). The van der Waals surface area contributed by atoms with Gasteiger partial charge in [-0.2, -0.15) is 0 Å². The predicted molar refractivity (Wildman–Crippen MR) is 160 cm³/mol. The molecule has 216 valence electrons. The average Bonchev–Trinajstić information content (AvgIpc) is 3.22. The largest absolute Gasteiger partial charge is 0.379 e. The zero-order valence-corrected chi connectivity index (χ0v) is 25.5. The van der Waals surface area contributed by atoms with E-state index in [1.807, 2.05) is 0 Å². The van der Waals surface area contributed by atoms with Gasteiger partial charge in [0.2, 0.25) is 17.7 Å². The van der Waals surface area contributed by atoms with Crippen LogP contribution in [-0.4, -0.2) is 78.7 Å². The summed E-state index contributed by atoms with van der Waals surface area (Å²) in [6.45, 7) is 4.61. The molecule has 0 spiro atoms. The molecule has 3 amide bonds. The SMILES string of the molecule is O=C(C[C@H]1S[C@H](c2ccc(Cl)cc2Cl)N(CC(=O)NCCCN2CCOCC2)C1=O)NCc1cccc(Cl)c1Cl. The van der Waals surface area contributed by atoms with E-state index in [4.69, 9.17) is 51.1 Å². The zero-order valence-electron chi connectivity index (χ0n) is 21.6. The third-order valence-corrected chi connectivity index (χ3v) is 9.52. The second-order valence-corrected chi connectivity index (χ2v) is 12.4. The van der Waals surface area contributed by atoms with Gasteiger partial charge >= 0.3 is 0 Å². The van der Waals surface area contributed by atoms with E-state index >= 15 is 0 Å². The molecule has 2 atom stereocenters. The Morgan fingerprint density at radius 2 is 1.77 bits per heavy atom. The second-order valence-electron chi connectivity index (χ2n) is 9.46. The molecule has 0 aliphatic carbocycles. The fourth-order valence-electron chi connectivity index (χ4n) is 4.51. The first kappa shape index (κ1) is 31.2. The van der Waals surface area contributed by atoms with Gasteiger partial charge in [0.25, 0.3) is 0 Å². The summed E-state index contributed by atoms with van der Waals surface area (Å²) in [5.74, 6) is -0.899. The van der Waals surface area contributed by atoms with Crippen LogP contribution in [0.25, 0.3) is 0 Å². The zero-order chi connectivity index (χ0) is 28.6. The molecule has 8 nitrogen and oxygen atoms in total. The van der Waals surface area contributed by atoms with Crippen LogP contribution in [0.2, 0.25) is 20.1 Å². The van der Waals surface area contributed by atoms with E-state index in [0.29, 0.717) is 37.8 Å². The number of hydrogen-bond donors (Lipinski definition) is 2. The number of morpholine rings is 1. The van der Waals surface area contributed by atoms with Gasteiger partial charge in [0.05, 0.1) is 28.5 Å². The van der Waals surface area contributed by atoms with Crippen LogP contribution >= 0.6 is 58.2 Å². The Hall–Kier alpha value is -1.72. The minimum absolute atomic E-state index is 0.0684. The monoisotopic (exact) mass is 646 g/mol. The van der Waals surface area contributed by atoms with Gasteiger partial charge in [0.1, 0.15) is 11.9 Å². The van der Waals surface area contributed by atoms with Crippen LogP contribution in [0.15, 0.2) is 36.4 Å². The molecular formula is C27H30Cl4N4O4S. The minimum Gasteiger partial charge on any atom is -0.379 e. The average molecular weight is 648 g/mol. The lowest BCUT2D eigenvalue weighted by molar-refractivity contribution is -0.136. The highest BCUT2D eigenvalue weighted by Gasteiger charge is 2.43. The number of rotatable bonds is 11. The Bertz CT molecular complexity index is 1230. The van der Waals surface area contributed by atoms with Crippen molar-refractivity contribution in [1.82, 2.24) is 20.4 Å².